The molecule has 1 aromatic carbocycles. The van der Waals surface area contributed by atoms with Gasteiger partial charge in [0.15, 0.2) is 0 Å². The maximum absolute atomic E-state index is 10.7. The fourth-order valence-electron chi connectivity index (χ4n) is 1.34. The Bertz CT molecular complexity index is 508. The zero-order chi connectivity index (χ0) is 10.1. The van der Waals surface area contributed by atoms with E-state index < -0.39 is 5.97 Å². The number of hydrogen-bond acceptors (Lipinski definition) is 3. The molecule has 2 aromatic rings. The van der Waals surface area contributed by atoms with Gasteiger partial charge in [0, 0.05) is 11.6 Å². The SMILES string of the molecule is Nc1cc(C(=O)O)cc2cccnc12. The molecule has 0 saturated carbocycles. The van der Waals surface area contributed by atoms with Crippen molar-refractivity contribution in [1.82, 2.24) is 4.98 Å². The Balaban J connectivity index is 2.78. The fraction of sp³-hybridized carbons (Fsp3) is 0. The topological polar surface area (TPSA) is 76.2 Å². The average Bonchev–Trinajstić information content (AvgIpc) is 2.17. The van der Waals surface area contributed by atoms with Crippen molar-refractivity contribution in [1.29, 1.82) is 0 Å². The van der Waals surface area contributed by atoms with Crippen molar-refractivity contribution in [3.8, 4) is 0 Å². The zero-order valence-corrected chi connectivity index (χ0v) is 7.27. The summed E-state index contributed by atoms with van der Waals surface area (Å²) in [6, 6.07) is 6.50. The van der Waals surface area contributed by atoms with E-state index >= 15 is 0 Å². The number of pyridine rings is 1. The summed E-state index contributed by atoms with van der Waals surface area (Å²) in [5.41, 5.74) is 6.88. The van der Waals surface area contributed by atoms with Crippen LogP contribution in [0.15, 0.2) is 30.5 Å². The van der Waals surface area contributed by atoms with E-state index in [4.69, 9.17) is 10.8 Å². The van der Waals surface area contributed by atoms with Gasteiger partial charge in [-0.2, -0.15) is 0 Å². The van der Waals surface area contributed by atoms with E-state index in [1.807, 2.05) is 0 Å². The summed E-state index contributed by atoms with van der Waals surface area (Å²) in [6.07, 6.45) is 1.62. The number of nitrogen functional groups attached to an aromatic ring is 1. The molecule has 0 aliphatic heterocycles. The highest BCUT2D eigenvalue weighted by Crippen LogP contribution is 2.20. The molecule has 0 aliphatic rings. The van der Waals surface area contributed by atoms with E-state index in [0.717, 1.165) is 5.39 Å². The van der Waals surface area contributed by atoms with Crippen LogP contribution in [0.3, 0.4) is 0 Å². The molecule has 4 heteroatoms. The molecule has 4 nitrogen and oxygen atoms in total. The van der Waals surface area contributed by atoms with Crippen LogP contribution < -0.4 is 5.73 Å². The van der Waals surface area contributed by atoms with Crippen LogP contribution in [-0.4, -0.2) is 16.1 Å². The van der Waals surface area contributed by atoms with E-state index in [9.17, 15) is 4.79 Å². The summed E-state index contributed by atoms with van der Waals surface area (Å²) in [7, 11) is 0. The lowest BCUT2D eigenvalue weighted by Crippen LogP contribution is -1.99. The molecular weight excluding hydrogens is 180 g/mol. The lowest BCUT2D eigenvalue weighted by Gasteiger charge is -2.02. The summed E-state index contributed by atoms with van der Waals surface area (Å²) >= 11 is 0. The number of benzene rings is 1. The van der Waals surface area contributed by atoms with Gasteiger partial charge < -0.3 is 10.8 Å². The third-order valence-corrected chi connectivity index (χ3v) is 1.98. The molecular formula is C10H8N2O2. The van der Waals surface area contributed by atoms with Crippen molar-refractivity contribution in [3.63, 3.8) is 0 Å². The highest BCUT2D eigenvalue weighted by Gasteiger charge is 2.06. The quantitative estimate of drug-likeness (QED) is 0.665. The minimum Gasteiger partial charge on any atom is -0.478 e. The lowest BCUT2D eigenvalue weighted by molar-refractivity contribution is 0.0697. The van der Waals surface area contributed by atoms with Gasteiger partial charge in [0.05, 0.1) is 16.8 Å². The van der Waals surface area contributed by atoms with Crippen molar-refractivity contribution in [2.45, 2.75) is 0 Å². The maximum atomic E-state index is 10.7. The molecule has 1 heterocycles. The molecule has 3 N–H and O–H groups in total. The van der Waals surface area contributed by atoms with Crippen LogP contribution in [-0.2, 0) is 0 Å². The molecule has 14 heavy (non-hydrogen) atoms. The summed E-state index contributed by atoms with van der Waals surface area (Å²) < 4.78 is 0. The van der Waals surface area contributed by atoms with Crippen LogP contribution in [0.4, 0.5) is 5.69 Å². The van der Waals surface area contributed by atoms with Crippen LogP contribution in [0.1, 0.15) is 10.4 Å². The van der Waals surface area contributed by atoms with Gasteiger partial charge in [-0.15, -0.1) is 0 Å². The molecule has 0 saturated heterocycles. The molecule has 0 amide bonds. The first-order valence-electron chi connectivity index (χ1n) is 4.06. The van der Waals surface area contributed by atoms with E-state index in [1.165, 1.54) is 6.07 Å². The standard InChI is InChI=1S/C10H8N2O2/c11-8-5-7(10(13)14)4-6-2-1-3-12-9(6)8/h1-5H,11H2,(H,13,14). The Morgan fingerprint density at radius 3 is 2.93 bits per heavy atom. The van der Waals surface area contributed by atoms with E-state index in [0.29, 0.717) is 11.2 Å². The molecule has 0 spiro atoms. The first-order valence-corrected chi connectivity index (χ1v) is 4.06. The Morgan fingerprint density at radius 1 is 1.43 bits per heavy atom. The number of fused-ring (bicyclic) bond motifs is 1. The molecule has 0 aliphatic carbocycles. The Labute approximate surface area is 80.0 Å². The third-order valence-electron chi connectivity index (χ3n) is 1.98. The Morgan fingerprint density at radius 2 is 2.21 bits per heavy atom. The van der Waals surface area contributed by atoms with Crippen molar-refractivity contribution in [2.24, 2.45) is 0 Å². The highest BCUT2D eigenvalue weighted by atomic mass is 16.4. The number of aromatic carboxylic acids is 1. The van der Waals surface area contributed by atoms with Gasteiger partial charge in [-0.1, -0.05) is 6.07 Å². The second kappa shape index (κ2) is 2.99. The third kappa shape index (κ3) is 1.26. The van der Waals surface area contributed by atoms with Crippen molar-refractivity contribution < 1.29 is 9.90 Å². The molecule has 0 unspecified atom stereocenters. The van der Waals surface area contributed by atoms with Crippen molar-refractivity contribution in [3.05, 3.63) is 36.0 Å². The van der Waals surface area contributed by atoms with Crippen molar-refractivity contribution in [2.75, 3.05) is 5.73 Å². The zero-order valence-electron chi connectivity index (χ0n) is 7.27. The van der Waals surface area contributed by atoms with Gasteiger partial charge in [0.1, 0.15) is 0 Å². The van der Waals surface area contributed by atoms with Gasteiger partial charge in [0.2, 0.25) is 0 Å². The number of anilines is 1. The number of nitrogens with two attached hydrogens (primary N) is 1. The second-order valence-electron chi connectivity index (χ2n) is 2.95. The predicted molar refractivity (Wildman–Crippen MR) is 53.1 cm³/mol. The maximum Gasteiger partial charge on any atom is 0.335 e. The lowest BCUT2D eigenvalue weighted by atomic mass is 10.1. The van der Waals surface area contributed by atoms with Gasteiger partial charge in [-0.05, 0) is 18.2 Å². The molecule has 70 valence electrons. The minimum atomic E-state index is -0.984. The van der Waals surface area contributed by atoms with Crippen molar-refractivity contribution >= 4 is 22.6 Å². The molecule has 0 atom stereocenters. The first-order chi connectivity index (χ1) is 6.68. The van der Waals surface area contributed by atoms with Crippen LogP contribution in [0.2, 0.25) is 0 Å². The Kier molecular flexibility index (Phi) is 1.81. The summed E-state index contributed by atoms with van der Waals surface area (Å²) in [6.45, 7) is 0. The fourth-order valence-corrected chi connectivity index (χ4v) is 1.34. The number of rotatable bonds is 1. The average molecular weight is 188 g/mol. The van der Waals surface area contributed by atoms with Crippen LogP contribution in [0.5, 0.6) is 0 Å². The van der Waals surface area contributed by atoms with Crippen LogP contribution >= 0.6 is 0 Å². The van der Waals surface area contributed by atoms with E-state index in [1.54, 1.807) is 24.4 Å². The normalized spacial score (nSPS) is 10.3. The second-order valence-corrected chi connectivity index (χ2v) is 2.95. The largest absolute Gasteiger partial charge is 0.478 e. The number of hydrogen-bond donors (Lipinski definition) is 2. The molecule has 0 fully saturated rings. The van der Waals surface area contributed by atoms with Gasteiger partial charge in [0.25, 0.3) is 0 Å². The number of nitrogens with zero attached hydrogens (tertiary/aromatic N) is 1. The minimum absolute atomic E-state index is 0.183. The van der Waals surface area contributed by atoms with E-state index in [2.05, 4.69) is 4.98 Å². The molecule has 2 rings (SSSR count). The molecule has 0 bridgehead atoms. The summed E-state index contributed by atoms with van der Waals surface area (Å²) in [5, 5.41) is 9.53. The van der Waals surface area contributed by atoms with Gasteiger partial charge in [-0.3, -0.25) is 4.98 Å². The monoisotopic (exact) mass is 188 g/mol. The van der Waals surface area contributed by atoms with Gasteiger partial charge >= 0.3 is 5.97 Å². The smallest absolute Gasteiger partial charge is 0.335 e. The number of aromatic nitrogens is 1. The van der Waals surface area contributed by atoms with Crippen LogP contribution in [0.25, 0.3) is 10.9 Å². The first kappa shape index (κ1) is 8.50. The summed E-state index contributed by atoms with van der Waals surface area (Å²) in [4.78, 5) is 14.8. The number of carboxylic acid groups (broad SMARTS) is 1. The predicted octanol–water partition coefficient (Wildman–Crippen LogP) is 1.52. The summed E-state index contributed by atoms with van der Waals surface area (Å²) in [5.74, 6) is -0.984. The van der Waals surface area contributed by atoms with Gasteiger partial charge in [-0.25, -0.2) is 4.79 Å². The Hall–Kier alpha value is -2.10. The number of carboxylic acids is 1. The van der Waals surface area contributed by atoms with Crippen LogP contribution in [0, 0.1) is 0 Å². The number of carbonyl (C=O) groups is 1. The van der Waals surface area contributed by atoms with E-state index in [-0.39, 0.29) is 5.56 Å². The molecule has 1 aromatic heterocycles. The molecule has 0 radical (unpaired) electrons. The highest BCUT2D eigenvalue weighted by molar-refractivity contribution is 5.98.